The summed E-state index contributed by atoms with van der Waals surface area (Å²) in [5.41, 5.74) is 5.17. The van der Waals surface area contributed by atoms with Crippen LogP contribution in [-0.4, -0.2) is 23.1 Å². The van der Waals surface area contributed by atoms with Crippen molar-refractivity contribution in [1.82, 2.24) is 9.97 Å². The van der Waals surface area contributed by atoms with Gasteiger partial charge in [0, 0.05) is 18.8 Å². The van der Waals surface area contributed by atoms with Crippen LogP contribution in [0.3, 0.4) is 0 Å². The molecule has 0 bridgehead atoms. The number of nitrogens with zero attached hydrogens (tertiary/aromatic N) is 3. The first-order valence-corrected chi connectivity index (χ1v) is 7.65. The van der Waals surface area contributed by atoms with Gasteiger partial charge in [0.05, 0.1) is 24.6 Å². The third kappa shape index (κ3) is 3.15. The third-order valence-electron chi connectivity index (χ3n) is 3.87. The lowest BCUT2D eigenvalue weighted by Gasteiger charge is -2.31. The first-order chi connectivity index (χ1) is 10.3. The van der Waals surface area contributed by atoms with Crippen molar-refractivity contribution >= 4 is 11.5 Å². The largest absolute Gasteiger partial charge is 0.369 e. The van der Waals surface area contributed by atoms with E-state index < -0.39 is 0 Å². The monoisotopic (exact) mass is 282 g/mol. The quantitative estimate of drug-likeness (QED) is 0.935. The summed E-state index contributed by atoms with van der Waals surface area (Å²) in [6.07, 6.45) is 6.08. The smallest absolute Gasteiger partial charge is 0.144 e. The minimum Gasteiger partial charge on any atom is -0.369 e. The van der Waals surface area contributed by atoms with Crippen molar-refractivity contribution in [3.05, 3.63) is 47.4 Å². The van der Waals surface area contributed by atoms with Crippen LogP contribution in [0.2, 0.25) is 0 Å². The Morgan fingerprint density at radius 3 is 2.90 bits per heavy atom. The summed E-state index contributed by atoms with van der Waals surface area (Å²) >= 11 is 0. The van der Waals surface area contributed by atoms with Crippen molar-refractivity contribution < 1.29 is 0 Å². The number of rotatable bonds is 4. The fourth-order valence-corrected chi connectivity index (χ4v) is 2.87. The summed E-state index contributed by atoms with van der Waals surface area (Å²) in [6.45, 7) is 7.00. The van der Waals surface area contributed by atoms with Crippen LogP contribution in [-0.2, 0) is 13.0 Å². The lowest BCUT2D eigenvalue weighted by Crippen LogP contribution is -2.29. The number of anilines is 2. The van der Waals surface area contributed by atoms with Gasteiger partial charge >= 0.3 is 0 Å². The van der Waals surface area contributed by atoms with Gasteiger partial charge in [0.1, 0.15) is 5.82 Å². The fraction of sp³-hybridized carbons (Fsp3) is 0.412. The summed E-state index contributed by atoms with van der Waals surface area (Å²) in [7, 11) is 0. The minimum atomic E-state index is 0.829. The van der Waals surface area contributed by atoms with Gasteiger partial charge in [-0.1, -0.05) is 17.7 Å². The summed E-state index contributed by atoms with van der Waals surface area (Å²) in [6, 6.07) is 6.74. The van der Waals surface area contributed by atoms with E-state index in [0.717, 1.165) is 31.1 Å². The Morgan fingerprint density at radius 1 is 1.24 bits per heavy atom. The molecule has 1 aromatic carbocycles. The topological polar surface area (TPSA) is 41.1 Å². The minimum absolute atomic E-state index is 0.829. The number of hydrogen-bond donors (Lipinski definition) is 1. The lowest BCUT2D eigenvalue weighted by atomic mass is 9.99. The normalized spacial score (nSPS) is 13.9. The van der Waals surface area contributed by atoms with Crippen molar-refractivity contribution in [2.24, 2.45) is 0 Å². The van der Waals surface area contributed by atoms with E-state index in [1.54, 1.807) is 0 Å². The van der Waals surface area contributed by atoms with E-state index in [-0.39, 0.29) is 0 Å². The highest BCUT2D eigenvalue weighted by Crippen LogP contribution is 2.28. The highest BCUT2D eigenvalue weighted by molar-refractivity contribution is 5.56. The van der Waals surface area contributed by atoms with Gasteiger partial charge in [-0.2, -0.15) is 0 Å². The molecule has 0 unspecified atom stereocenters. The van der Waals surface area contributed by atoms with Crippen molar-refractivity contribution in [1.29, 1.82) is 0 Å². The Balaban J connectivity index is 1.77. The number of nitrogens with one attached hydrogen (secondary N) is 1. The Labute approximate surface area is 126 Å². The Bertz CT molecular complexity index is 607. The molecule has 110 valence electrons. The molecule has 1 aliphatic rings. The second-order valence-electron chi connectivity index (χ2n) is 5.58. The molecule has 0 saturated heterocycles. The summed E-state index contributed by atoms with van der Waals surface area (Å²) in [5.74, 6) is 0.843. The van der Waals surface area contributed by atoms with Gasteiger partial charge in [-0.25, -0.2) is 4.98 Å². The molecule has 21 heavy (non-hydrogen) atoms. The van der Waals surface area contributed by atoms with Crippen LogP contribution in [0.4, 0.5) is 11.5 Å². The zero-order valence-electron chi connectivity index (χ0n) is 12.8. The van der Waals surface area contributed by atoms with Crippen LogP contribution < -0.4 is 10.2 Å². The number of aryl methyl sites for hydroxylation is 2. The Kier molecular flexibility index (Phi) is 4.04. The Hall–Kier alpha value is -2.10. The third-order valence-corrected chi connectivity index (χ3v) is 3.87. The molecular formula is C17H22N4. The van der Waals surface area contributed by atoms with Crippen LogP contribution in [0.5, 0.6) is 0 Å². The molecule has 1 aliphatic heterocycles. The standard InChI is InChI=1S/C17H22N4/c1-3-18-17-11-19-15(10-20-17)12-21-8-4-5-14-9-13(2)6-7-16(14)21/h6-7,9-11H,3-5,8,12H2,1-2H3,(H,18,20). The van der Waals surface area contributed by atoms with E-state index >= 15 is 0 Å². The first-order valence-electron chi connectivity index (χ1n) is 7.65. The van der Waals surface area contributed by atoms with E-state index in [4.69, 9.17) is 0 Å². The van der Waals surface area contributed by atoms with E-state index in [9.17, 15) is 0 Å². The Morgan fingerprint density at radius 2 is 2.14 bits per heavy atom. The highest BCUT2D eigenvalue weighted by atomic mass is 15.1. The van der Waals surface area contributed by atoms with Crippen molar-refractivity contribution in [3.63, 3.8) is 0 Å². The predicted octanol–water partition coefficient (Wildman–Crippen LogP) is 3.17. The molecule has 1 N–H and O–H groups in total. The molecule has 0 saturated carbocycles. The van der Waals surface area contributed by atoms with E-state index in [2.05, 4.69) is 52.2 Å². The van der Waals surface area contributed by atoms with Crippen LogP contribution >= 0.6 is 0 Å². The van der Waals surface area contributed by atoms with E-state index in [1.165, 1.54) is 29.7 Å². The average molecular weight is 282 g/mol. The molecule has 2 heterocycles. The van der Waals surface area contributed by atoms with Crippen molar-refractivity contribution in [2.75, 3.05) is 23.3 Å². The molecule has 4 heteroatoms. The molecule has 4 nitrogen and oxygen atoms in total. The zero-order valence-corrected chi connectivity index (χ0v) is 12.8. The van der Waals surface area contributed by atoms with Crippen molar-refractivity contribution in [3.8, 4) is 0 Å². The summed E-state index contributed by atoms with van der Waals surface area (Å²) in [5, 5.41) is 3.17. The summed E-state index contributed by atoms with van der Waals surface area (Å²) < 4.78 is 0. The fourth-order valence-electron chi connectivity index (χ4n) is 2.87. The number of benzene rings is 1. The highest BCUT2D eigenvalue weighted by Gasteiger charge is 2.17. The predicted molar refractivity (Wildman–Crippen MR) is 86.7 cm³/mol. The van der Waals surface area contributed by atoms with Gasteiger partial charge in [-0.3, -0.25) is 4.98 Å². The number of aromatic nitrogens is 2. The molecule has 0 amide bonds. The molecule has 0 aliphatic carbocycles. The maximum Gasteiger partial charge on any atom is 0.144 e. The lowest BCUT2D eigenvalue weighted by molar-refractivity contribution is 0.682. The molecule has 2 aromatic rings. The maximum absolute atomic E-state index is 4.52. The number of fused-ring (bicyclic) bond motifs is 1. The van der Waals surface area contributed by atoms with E-state index in [0.29, 0.717) is 0 Å². The second kappa shape index (κ2) is 6.12. The zero-order chi connectivity index (χ0) is 14.7. The van der Waals surface area contributed by atoms with Gasteiger partial charge in [-0.15, -0.1) is 0 Å². The van der Waals surface area contributed by atoms with Gasteiger partial charge < -0.3 is 10.2 Å². The molecule has 0 radical (unpaired) electrons. The molecule has 3 rings (SSSR count). The SMILES string of the molecule is CCNc1cnc(CN2CCCc3cc(C)ccc32)cn1. The average Bonchev–Trinajstić information content (AvgIpc) is 2.49. The maximum atomic E-state index is 4.52. The van der Waals surface area contributed by atoms with Gasteiger partial charge in [0.15, 0.2) is 0 Å². The molecule has 0 atom stereocenters. The molecule has 1 aromatic heterocycles. The van der Waals surface area contributed by atoms with Gasteiger partial charge in [0.25, 0.3) is 0 Å². The van der Waals surface area contributed by atoms with Crippen LogP contribution in [0.25, 0.3) is 0 Å². The number of hydrogen-bond acceptors (Lipinski definition) is 4. The molecular weight excluding hydrogens is 260 g/mol. The van der Waals surface area contributed by atoms with Crippen LogP contribution in [0.15, 0.2) is 30.6 Å². The molecule has 0 spiro atoms. The molecule has 0 fully saturated rings. The second-order valence-corrected chi connectivity index (χ2v) is 5.58. The van der Waals surface area contributed by atoms with Crippen molar-refractivity contribution in [2.45, 2.75) is 33.2 Å². The van der Waals surface area contributed by atoms with Gasteiger partial charge in [-0.05, 0) is 38.3 Å². The summed E-state index contributed by atoms with van der Waals surface area (Å²) in [4.78, 5) is 11.3. The van der Waals surface area contributed by atoms with Gasteiger partial charge in [0.2, 0.25) is 0 Å². The van der Waals surface area contributed by atoms with E-state index in [1.807, 2.05) is 12.4 Å². The first kappa shape index (κ1) is 13.9. The van der Waals surface area contributed by atoms with Crippen LogP contribution in [0.1, 0.15) is 30.2 Å². The van der Waals surface area contributed by atoms with Crippen LogP contribution in [0, 0.1) is 6.92 Å².